The fraction of sp³-hybridized carbons (Fsp3) is 0.600. The van der Waals surface area contributed by atoms with Crippen molar-refractivity contribution in [1.82, 2.24) is 4.90 Å². The first-order chi connectivity index (χ1) is 9.01. The molecule has 0 fully saturated rings. The maximum absolute atomic E-state index is 13.0. The van der Waals surface area contributed by atoms with Gasteiger partial charge in [0.05, 0.1) is 6.61 Å². The summed E-state index contributed by atoms with van der Waals surface area (Å²) in [6.07, 6.45) is 1.01. The molecule has 2 atom stereocenters. The fourth-order valence-corrected chi connectivity index (χ4v) is 2.28. The Bertz CT molecular complexity index is 398. The molecule has 0 radical (unpaired) electrons. The van der Waals surface area contributed by atoms with Crippen LogP contribution in [-0.4, -0.2) is 36.3 Å². The lowest BCUT2D eigenvalue weighted by Crippen LogP contribution is -2.37. The molecule has 0 saturated heterocycles. The number of rotatable bonds is 7. The molecule has 4 heteroatoms. The van der Waals surface area contributed by atoms with E-state index in [4.69, 9.17) is 4.74 Å². The molecule has 0 aliphatic rings. The predicted octanol–water partition coefficient (Wildman–Crippen LogP) is 3.34. The molecule has 0 bridgehead atoms. The van der Waals surface area contributed by atoms with Gasteiger partial charge in [0.25, 0.3) is 0 Å². The van der Waals surface area contributed by atoms with Crippen LogP contribution in [0.5, 0.6) is 5.75 Å². The minimum atomic E-state index is -0.416. The highest BCUT2D eigenvalue weighted by Gasteiger charge is 2.22. The Morgan fingerprint density at radius 3 is 2.58 bits per heavy atom. The maximum atomic E-state index is 13.0. The summed E-state index contributed by atoms with van der Waals surface area (Å²) in [6.45, 7) is 7.71. The summed E-state index contributed by atoms with van der Waals surface area (Å²) < 4.78 is 18.2. The molecule has 1 aromatic carbocycles. The van der Waals surface area contributed by atoms with E-state index in [0.29, 0.717) is 12.6 Å². The zero-order valence-electron chi connectivity index (χ0n) is 12.2. The van der Waals surface area contributed by atoms with Gasteiger partial charge in [0.15, 0.2) is 0 Å². The van der Waals surface area contributed by atoms with Crippen molar-refractivity contribution in [2.45, 2.75) is 39.3 Å². The molecule has 0 spiro atoms. The van der Waals surface area contributed by atoms with Crippen LogP contribution in [0, 0.1) is 5.82 Å². The van der Waals surface area contributed by atoms with Crippen LogP contribution in [-0.2, 0) is 4.74 Å². The third-order valence-electron chi connectivity index (χ3n) is 3.65. The molecule has 108 valence electrons. The molecule has 0 amide bonds. The number of hydrogen-bond acceptors (Lipinski definition) is 3. The van der Waals surface area contributed by atoms with Crippen LogP contribution >= 0.6 is 0 Å². The maximum Gasteiger partial charge on any atom is 0.126 e. The number of ether oxygens (including phenoxy) is 1. The van der Waals surface area contributed by atoms with Crippen LogP contribution in [0.2, 0.25) is 0 Å². The van der Waals surface area contributed by atoms with Gasteiger partial charge in [-0.15, -0.1) is 0 Å². The summed E-state index contributed by atoms with van der Waals surface area (Å²) in [5, 5.41) is 9.89. The molecule has 2 unspecified atom stereocenters. The van der Waals surface area contributed by atoms with Gasteiger partial charge in [0, 0.05) is 37.4 Å². The number of phenolic OH excluding ortho intramolecular Hbond substituents is 1. The third-order valence-corrected chi connectivity index (χ3v) is 3.65. The Balaban J connectivity index is 2.93. The average molecular weight is 269 g/mol. The first kappa shape index (κ1) is 15.9. The monoisotopic (exact) mass is 269 g/mol. The molecule has 3 nitrogen and oxygen atoms in total. The second-order valence-electron chi connectivity index (χ2n) is 4.87. The van der Waals surface area contributed by atoms with Gasteiger partial charge in [-0.3, -0.25) is 4.90 Å². The van der Waals surface area contributed by atoms with Crippen LogP contribution in [0.4, 0.5) is 4.39 Å². The average Bonchev–Trinajstić information content (AvgIpc) is 2.38. The van der Waals surface area contributed by atoms with Crippen LogP contribution in [0.15, 0.2) is 18.2 Å². The van der Waals surface area contributed by atoms with Crippen molar-refractivity contribution in [2.75, 3.05) is 20.3 Å². The van der Waals surface area contributed by atoms with Crippen molar-refractivity contribution in [1.29, 1.82) is 0 Å². The number of halogens is 1. The highest BCUT2D eigenvalue weighted by molar-refractivity contribution is 5.35. The van der Waals surface area contributed by atoms with E-state index in [2.05, 4.69) is 18.7 Å². The van der Waals surface area contributed by atoms with Gasteiger partial charge in [-0.25, -0.2) is 4.39 Å². The van der Waals surface area contributed by atoms with E-state index < -0.39 is 5.82 Å². The van der Waals surface area contributed by atoms with Gasteiger partial charge in [-0.2, -0.15) is 0 Å². The smallest absolute Gasteiger partial charge is 0.126 e. The summed E-state index contributed by atoms with van der Waals surface area (Å²) in [5.41, 5.74) is 0.748. The Morgan fingerprint density at radius 1 is 1.37 bits per heavy atom. The van der Waals surface area contributed by atoms with Gasteiger partial charge >= 0.3 is 0 Å². The summed E-state index contributed by atoms with van der Waals surface area (Å²) in [4.78, 5) is 2.26. The molecule has 0 aromatic heterocycles. The van der Waals surface area contributed by atoms with E-state index in [1.165, 1.54) is 6.07 Å². The molecule has 1 rings (SSSR count). The van der Waals surface area contributed by atoms with E-state index in [-0.39, 0.29) is 11.8 Å². The SMILES string of the molecule is CCC(C)N(CCOC)C(C)c1ccc(F)cc1O. The Kier molecular flexibility index (Phi) is 6.25. The summed E-state index contributed by atoms with van der Waals surface area (Å²) in [7, 11) is 1.68. The second kappa shape index (κ2) is 7.46. The first-order valence-corrected chi connectivity index (χ1v) is 6.74. The zero-order valence-corrected chi connectivity index (χ0v) is 12.2. The fourth-order valence-electron chi connectivity index (χ4n) is 2.28. The number of hydrogen-bond donors (Lipinski definition) is 1. The van der Waals surface area contributed by atoms with Gasteiger partial charge in [-0.1, -0.05) is 13.0 Å². The first-order valence-electron chi connectivity index (χ1n) is 6.74. The van der Waals surface area contributed by atoms with Crippen molar-refractivity contribution < 1.29 is 14.2 Å². The minimum Gasteiger partial charge on any atom is -0.508 e. The Labute approximate surface area is 115 Å². The van der Waals surface area contributed by atoms with E-state index in [1.54, 1.807) is 13.2 Å². The number of phenols is 1. The highest BCUT2D eigenvalue weighted by atomic mass is 19.1. The highest BCUT2D eigenvalue weighted by Crippen LogP contribution is 2.30. The normalized spacial score (nSPS) is 14.6. The summed E-state index contributed by atoms with van der Waals surface area (Å²) in [5.74, 6) is -0.404. The molecular formula is C15H24FNO2. The van der Waals surface area contributed by atoms with Crippen molar-refractivity contribution in [3.63, 3.8) is 0 Å². The molecule has 19 heavy (non-hydrogen) atoms. The van der Waals surface area contributed by atoms with Crippen LogP contribution < -0.4 is 0 Å². The molecule has 0 heterocycles. The quantitative estimate of drug-likeness (QED) is 0.824. The Morgan fingerprint density at radius 2 is 2.05 bits per heavy atom. The standard InChI is InChI=1S/C15H24FNO2/c1-5-11(2)17(8-9-19-4)12(3)14-7-6-13(16)10-15(14)18/h6-7,10-12,18H,5,8-9H2,1-4H3. The molecule has 1 N–H and O–H groups in total. The predicted molar refractivity (Wildman–Crippen MR) is 74.8 cm³/mol. The van der Waals surface area contributed by atoms with Crippen molar-refractivity contribution in [2.24, 2.45) is 0 Å². The van der Waals surface area contributed by atoms with Crippen molar-refractivity contribution >= 4 is 0 Å². The van der Waals surface area contributed by atoms with Gasteiger partial charge in [0.2, 0.25) is 0 Å². The number of benzene rings is 1. The lowest BCUT2D eigenvalue weighted by molar-refractivity contribution is 0.0930. The second-order valence-corrected chi connectivity index (χ2v) is 4.87. The van der Waals surface area contributed by atoms with Crippen LogP contribution in [0.25, 0.3) is 0 Å². The molecular weight excluding hydrogens is 245 g/mol. The largest absolute Gasteiger partial charge is 0.508 e. The van der Waals surface area contributed by atoms with E-state index >= 15 is 0 Å². The molecule has 1 aromatic rings. The van der Waals surface area contributed by atoms with E-state index in [9.17, 15) is 9.50 Å². The third kappa shape index (κ3) is 4.18. The van der Waals surface area contributed by atoms with Crippen LogP contribution in [0.1, 0.15) is 38.8 Å². The van der Waals surface area contributed by atoms with Gasteiger partial charge < -0.3 is 9.84 Å². The van der Waals surface area contributed by atoms with E-state index in [0.717, 1.165) is 24.6 Å². The van der Waals surface area contributed by atoms with Gasteiger partial charge in [0.1, 0.15) is 11.6 Å². The topological polar surface area (TPSA) is 32.7 Å². The minimum absolute atomic E-state index is 0.0122. The Hall–Kier alpha value is -1.13. The molecule has 0 saturated carbocycles. The number of nitrogens with zero attached hydrogens (tertiary/aromatic N) is 1. The van der Waals surface area contributed by atoms with Crippen molar-refractivity contribution in [3.05, 3.63) is 29.6 Å². The van der Waals surface area contributed by atoms with Gasteiger partial charge in [-0.05, 0) is 26.3 Å². The van der Waals surface area contributed by atoms with Crippen LogP contribution in [0.3, 0.4) is 0 Å². The summed E-state index contributed by atoms with van der Waals surface area (Å²) >= 11 is 0. The lowest BCUT2D eigenvalue weighted by Gasteiger charge is -2.34. The molecule has 0 aliphatic heterocycles. The number of methoxy groups -OCH3 is 1. The lowest BCUT2D eigenvalue weighted by atomic mass is 10.0. The zero-order chi connectivity index (χ0) is 14.4. The molecule has 0 aliphatic carbocycles. The van der Waals surface area contributed by atoms with Crippen molar-refractivity contribution in [3.8, 4) is 5.75 Å². The number of aromatic hydroxyl groups is 1. The van der Waals surface area contributed by atoms with E-state index in [1.807, 2.05) is 6.92 Å². The summed E-state index contributed by atoms with van der Waals surface area (Å²) in [6, 6.07) is 4.59.